The molecule has 3 aromatic rings. The van der Waals surface area contributed by atoms with E-state index < -0.39 is 5.67 Å². The summed E-state index contributed by atoms with van der Waals surface area (Å²) in [5, 5.41) is 4.63. The molecule has 3 heterocycles. The molecule has 0 unspecified atom stereocenters. The van der Waals surface area contributed by atoms with Crippen molar-refractivity contribution in [2.75, 3.05) is 23.8 Å². The number of ether oxygens (including phenoxy) is 1. The predicted molar refractivity (Wildman–Crippen MR) is 111 cm³/mol. The molecule has 1 aromatic carbocycles. The molecule has 156 valence electrons. The van der Waals surface area contributed by atoms with Gasteiger partial charge in [0.05, 0.1) is 24.3 Å². The average molecular weight is 431 g/mol. The molecule has 30 heavy (non-hydrogen) atoms. The number of nitrogen functional groups attached to an aromatic ring is 1. The first-order valence-electron chi connectivity index (χ1n) is 9.29. The third-order valence-electron chi connectivity index (χ3n) is 4.60. The number of alkyl halides is 1. The number of amides is 1. The van der Waals surface area contributed by atoms with Crippen LogP contribution in [0.4, 0.5) is 15.9 Å². The molecule has 1 amide bonds. The van der Waals surface area contributed by atoms with Gasteiger partial charge in [0.2, 0.25) is 5.88 Å². The normalized spacial score (nSPS) is 14.3. The van der Waals surface area contributed by atoms with Gasteiger partial charge in [-0.3, -0.25) is 9.48 Å². The van der Waals surface area contributed by atoms with Crippen molar-refractivity contribution < 1.29 is 13.9 Å². The van der Waals surface area contributed by atoms with Crippen LogP contribution in [-0.2, 0) is 6.54 Å². The zero-order valence-electron chi connectivity index (χ0n) is 16.5. The first-order valence-corrected chi connectivity index (χ1v) is 9.67. The molecule has 2 N–H and O–H groups in total. The molecule has 8 nitrogen and oxygen atoms in total. The van der Waals surface area contributed by atoms with E-state index in [4.69, 9.17) is 22.1 Å². The van der Waals surface area contributed by atoms with Crippen LogP contribution in [0, 0.1) is 0 Å². The van der Waals surface area contributed by atoms with Crippen molar-refractivity contribution in [2.24, 2.45) is 0 Å². The van der Waals surface area contributed by atoms with Gasteiger partial charge in [0.25, 0.3) is 5.91 Å². The smallest absolute Gasteiger partial charge is 0.267 e. The number of carbonyl (C=O) groups excluding carboxylic acids is 1. The number of halogens is 2. The van der Waals surface area contributed by atoms with Gasteiger partial charge in [-0.2, -0.15) is 5.10 Å². The fourth-order valence-corrected chi connectivity index (χ4v) is 3.57. The van der Waals surface area contributed by atoms with Gasteiger partial charge in [-0.05, 0) is 26.0 Å². The van der Waals surface area contributed by atoms with Crippen molar-refractivity contribution in [3.05, 3.63) is 47.5 Å². The van der Waals surface area contributed by atoms with Gasteiger partial charge in [-0.15, -0.1) is 0 Å². The number of hydrogen-bond acceptors (Lipinski definition) is 6. The van der Waals surface area contributed by atoms with Gasteiger partial charge in [-0.25, -0.2) is 14.4 Å². The molecule has 0 aliphatic carbocycles. The first-order chi connectivity index (χ1) is 14.2. The summed E-state index contributed by atoms with van der Waals surface area (Å²) in [5.74, 6) is -0.133. The highest BCUT2D eigenvalue weighted by Crippen LogP contribution is 2.34. The molecule has 1 aliphatic heterocycles. The van der Waals surface area contributed by atoms with Gasteiger partial charge >= 0.3 is 0 Å². The minimum absolute atomic E-state index is 0.0582. The minimum atomic E-state index is -1.38. The zero-order chi connectivity index (χ0) is 21.5. The first kappa shape index (κ1) is 20.1. The lowest BCUT2D eigenvalue weighted by atomic mass is 10.1. The number of benzene rings is 1. The Morgan fingerprint density at radius 2 is 2.13 bits per heavy atom. The van der Waals surface area contributed by atoms with E-state index >= 15 is 0 Å². The molecular weight excluding hydrogens is 411 g/mol. The van der Waals surface area contributed by atoms with Gasteiger partial charge in [0, 0.05) is 23.0 Å². The van der Waals surface area contributed by atoms with Gasteiger partial charge in [0.1, 0.15) is 30.0 Å². The average Bonchev–Trinajstić information content (AvgIpc) is 3.03. The van der Waals surface area contributed by atoms with E-state index in [1.807, 2.05) is 0 Å². The largest absolute Gasteiger partial charge is 0.475 e. The van der Waals surface area contributed by atoms with Crippen LogP contribution in [0.25, 0.3) is 11.1 Å². The van der Waals surface area contributed by atoms with Crippen LogP contribution in [-0.4, -0.2) is 44.5 Å². The van der Waals surface area contributed by atoms with E-state index in [2.05, 4.69) is 15.1 Å². The van der Waals surface area contributed by atoms with E-state index in [0.717, 1.165) is 11.1 Å². The fourth-order valence-electron chi connectivity index (χ4n) is 3.29. The standard InChI is InChI=1S/C20H20ClFN6O2/c1-20(2,22)10-27-9-12(8-26-27)14-4-3-13(7-15(14)21)28-5-6-30-18-16(19(28)29)17(23)24-11-25-18/h3-4,7-9,11H,5-6,10H2,1-2H3,(H2,23,24,25). The highest BCUT2D eigenvalue weighted by molar-refractivity contribution is 6.33. The van der Waals surface area contributed by atoms with Gasteiger partial charge in [-0.1, -0.05) is 17.7 Å². The summed E-state index contributed by atoms with van der Waals surface area (Å²) in [6, 6.07) is 5.27. The van der Waals surface area contributed by atoms with Crippen LogP contribution in [0.1, 0.15) is 24.2 Å². The Bertz CT molecular complexity index is 1110. The van der Waals surface area contributed by atoms with Crippen molar-refractivity contribution in [3.8, 4) is 17.0 Å². The van der Waals surface area contributed by atoms with Crippen molar-refractivity contribution in [1.82, 2.24) is 19.7 Å². The molecule has 0 atom stereocenters. The molecule has 2 aromatic heterocycles. The number of carbonyl (C=O) groups is 1. The molecule has 0 bridgehead atoms. The number of rotatable bonds is 4. The molecule has 10 heteroatoms. The Labute approximate surface area is 177 Å². The Hall–Kier alpha value is -3.20. The second-order valence-electron chi connectivity index (χ2n) is 7.55. The zero-order valence-corrected chi connectivity index (χ0v) is 17.2. The summed E-state index contributed by atoms with van der Waals surface area (Å²) in [6.07, 6.45) is 4.63. The predicted octanol–water partition coefficient (Wildman–Crippen LogP) is 3.36. The highest BCUT2D eigenvalue weighted by Gasteiger charge is 2.29. The van der Waals surface area contributed by atoms with Crippen LogP contribution in [0.5, 0.6) is 5.88 Å². The summed E-state index contributed by atoms with van der Waals surface area (Å²) in [4.78, 5) is 22.5. The number of nitrogens with two attached hydrogens (primary N) is 1. The van der Waals surface area contributed by atoms with E-state index in [1.54, 1.807) is 30.6 Å². The number of fused-ring (bicyclic) bond motifs is 1. The number of nitrogens with zero attached hydrogens (tertiary/aromatic N) is 5. The summed E-state index contributed by atoms with van der Waals surface area (Å²) in [7, 11) is 0. The summed E-state index contributed by atoms with van der Waals surface area (Å²) >= 11 is 6.52. The van der Waals surface area contributed by atoms with Crippen LogP contribution < -0.4 is 15.4 Å². The van der Waals surface area contributed by atoms with Crippen molar-refractivity contribution in [1.29, 1.82) is 0 Å². The summed E-state index contributed by atoms with van der Waals surface area (Å²) < 4.78 is 21.0. The van der Waals surface area contributed by atoms with Crippen molar-refractivity contribution >= 4 is 29.0 Å². The molecule has 0 radical (unpaired) electrons. The molecule has 0 saturated heterocycles. The lowest BCUT2D eigenvalue weighted by molar-refractivity contribution is 0.0990. The molecule has 0 spiro atoms. The van der Waals surface area contributed by atoms with Crippen molar-refractivity contribution in [2.45, 2.75) is 26.1 Å². The molecule has 1 aliphatic rings. The molecule has 0 saturated carbocycles. The summed E-state index contributed by atoms with van der Waals surface area (Å²) in [6.45, 7) is 3.67. The highest BCUT2D eigenvalue weighted by atomic mass is 35.5. The number of aromatic nitrogens is 4. The van der Waals surface area contributed by atoms with Crippen molar-refractivity contribution in [3.63, 3.8) is 0 Å². The Kier molecular flexibility index (Phi) is 5.07. The maximum Gasteiger partial charge on any atom is 0.267 e. The van der Waals surface area contributed by atoms with Gasteiger partial charge in [0.15, 0.2) is 0 Å². The monoisotopic (exact) mass is 430 g/mol. The second-order valence-corrected chi connectivity index (χ2v) is 7.96. The quantitative estimate of drug-likeness (QED) is 0.681. The topological polar surface area (TPSA) is 99.2 Å². The van der Waals surface area contributed by atoms with Crippen LogP contribution in [0.2, 0.25) is 5.02 Å². The third kappa shape index (κ3) is 3.93. The van der Waals surface area contributed by atoms with Crippen LogP contribution in [0.3, 0.4) is 0 Å². The maximum absolute atomic E-state index is 13.9. The maximum atomic E-state index is 13.9. The third-order valence-corrected chi connectivity index (χ3v) is 4.91. The molecule has 0 fully saturated rings. The van der Waals surface area contributed by atoms with Gasteiger partial charge < -0.3 is 15.4 Å². The number of anilines is 2. The Balaban J connectivity index is 1.64. The van der Waals surface area contributed by atoms with Crippen LogP contribution >= 0.6 is 11.6 Å². The molecule has 4 rings (SSSR count). The Morgan fingerprint density at radius 1 is 1.33 bits per heavy atom. The SMILES string of the molecule is CC(C)(F)Cn1cc(-c2ccc(N3CCOc4ncnc(N)c4C3=O)cc2Cl)cn1. The van der Waals surface area contributed by atoms with E-state index in [9.17, 15) is 9.18 Å². The molecular formula is C20H20ClFN6O2. The fraction of sp³-hybridized carbons (Fsp3) is 0.300. The van der Waals surface area contributed by atoms with E-state index in [0.29, 0.717) is 17.3 Å². The van der Waals surface area contributed by atoms with Crippen LogP contribution in [0.15, 0.2) is 36.9 Å². The number of hydrogen-bond donors (Lipinski definition) is 1. The Morgan fingerprint density at radius 3 is 2.87 bits per heavy atom. The second kappa shape index (κ2) is 7.56. The lowest BCUT2D eigenvalue weighted by Gasteiger charge is -2.21. The minimum Gasteiger partial charge on any atom is -0.475 e. The lowest BCUT2D eigenvalue weighted by Crippen LogP contribution is -2.32. The van der Waals surface area contributed by atoms with E-state index in [-0.39, 0.29) is 36.3 Å². The van der Waals surface area contributed by atoms with E-state index in [1.165, 1.54) is 29.8 Å². The summed E-state index contributed by atoms with van der Waals surface area (Å²) in [5.41, 5.74) is 6.70.